The normalized spacial score (nSPS) is 22.3. The number of nitrogens with zero attached hydrogens (tertiary/aromatic N) is 4. The van der Waals surface area contributed by atoms with E-state index >= 15 is 0 Å². The van der Waals surface area contributed by atoms with Crippen molar-refractivity contribution in [1.29, 1.82) is 0 Å². The van der Waals surface area contributed by atoms with Gasteiger partial charge in [0.05, 0.1) is 12.2 Å². The Morgan fingerprint density at radius 1 is 1.24 bits per heavy atom. The monoisotopic (exact) mass is 344 g/mol. The Hall–Kier alpha value is -2.57. The van der Waals surface area contributed by atoms with Gasteiger partial charge < -0.3 is 0 Å². The first kappa shape index (κ1) is 15.9. The average Bonchev–Trinajstić information content (AvgIpc) is 3.20. The zero-order valence-corrected chi connectivity index (χ0v) is 13.8. The lowest BCUT2D eigenvalue weighted by molar-refractivity contribution is -0.138. The Bertz CT molecular complexity index is 841. The standard InChI is InChI=1S/C18H18F2N4O/c1-11-10-22-23-5-3-12(8-17(11)23)18(25)24-16(2-4-21-24)13-6-14(19)9-15(20)7-13/h4,6-7,9-10,12,16H,2-3,5,8H2,1H3. The molecule has 2 aliphatic heterocycles. The summed E-state index contributed by atoms with van der Waals surface area (Å²) >= 11 is 0. The van der Waals surface area contributed by atoms with Crippen LogP contribution in [-0.2, 0) is 17.8 Å². The molecule has 0 spiro atoms. The lowest BCUT2D eigenvalue weighted by atomic mass is 9.92. The van der Waals surface area contributed by atoms with Crippen molar-refractivity contribution >= 4 is 12.1 Å². The molecule has 1 aromatic carbocycles. The van der Waals surface area contributed by atoms with Crippen LogP contribution in [-0.4, -0.2) is 26.9 Å². The van der Waals surface area contributed by atoms with Gasteiger partial charge in [-0.1, -0.05) is 0 Å². The van der Waals surface area contributed by atoms with E-state index in [1.807, 2.05) is 17.8 Å². The second-order valence-corrected chi connectivity index (χ2v) is 6.62. The van der Waals surface area contributed by atoms with Crippen molar-refractivity contribution in [3.05, 3.63) is 52.9 Å². The predicted octanol–water partition coefficient (Wildman–Crippen LogP) is 2.99. The fourth-order valence-electron chi connectivity index (χ4n) is 3.65. The van der Waals surface area contributed by atoms with E-state index in [1.165, 1.54) is 17.1 Å². The molecule has 2 aromatic rings. The first-order valence-corrected chi connectivity index (χ1v) is 8.35. The van der Waals surface area contributed by atoms with Crippen LogP contribution in [0.25, 0.3) is 0 Å². The molecule has 25 heavy (non-hydrogen) atoms. The van der Waals surface area contributed by atoms with Gasteiger partial charge in [0, 0.05) is 43.3 Å². The van der Waals surface area contributed by atoms with Crippen molar-refractivity contribution < 1.29 is 13.6 Å². The van der Waals surface area contributed by atoms with Gasteiger partial charge in [0.2, 0.25) is 5.91 Å². The Morgan fingerprint density at radius 2 is 2.00 bits per heavy atom. The lowest BCUT2D eigenvalue weighted by Gasteiger charge is -2.29. The molecule has 3 heterocycles. The molecule has 1 aromatic heterocycles. The predicted molar refractivity (Wildman–Crippen MR) is 87.8 cm³/mol. The maximum Gasteiger partial charge on any atom is 0.246 e. The van der Waals surface area contributed by atoms with E-state index in [0.29, 0.717) is 31.4 Å². The smallest absolute Gasteiger partial charge is 0.246 e. The molecule has 0 aliphatic carbocycles. The number of carbonyl (C=O) groups is 1. The average molecular weight is 344 g/mol. The number of hydrazone groups is 1. The Morgan fingerprint density at radius 3 is 2.76 bits per heavy atom. The molecule has 0 radical (unpaired) electrons. The van der Waals surface area contributed by atoms with Gasteiger partial charge in [0.25, 0.3) is 0 Å². The summed E-state index contributed by atoms with van der Waals surface area (Å²) in [6, 6.07) is 2.91. The summed E-state index contributed by atoms with van der Waals surface area (Å²) in [6.45, 7) is 2.68. The number of fused-ring (bicyclic) bond motifs is 1. The molecule has 2 atom stereocenters. The van der Waals surface area contributed by atoms with Crippen LogP contribution in [0.15, 0.2) is 29.5 Å². The SMILES string of the molecule is Cc1cnn2c1CC(C(=O)N1N=CCC1c1cc(F)cc(F)c1)CC2. The summed E-state index contributed by atoms with van der Waals surface area (Å²) in [5.74, 6) is -1.59. The van der Waals surface area contributed by atoms with E-state index in [1.54, 1.807) is 6.21 Å². The number of halogens is 2. The molecule has 0 N–H and O–H groups in total. The number of carbonyl (C=O) groups excluding carboxylic acids is 1. The summed E-state index contributed by atoms with van der Waals surface area (Å²) < 4.78 is 29.0. The Labute approximate surface area is 143 Å². The molecule has 0 saturated heterocycles. The number of rotatable bonds is 2. The van der Waals surface area contributed by atoms with Crippen LogP contribution >= 0.6 is 0 Å². The molecular weight excluding hydrogens is 326 g/mol. The highest BCUT2D eigenvalue weighted by molar-refractivity contribution is 5.82. The molecule has 2 unspecified atom stereocenters. The van der Waals surface area contributed by atoms with Crippen LogP contribution in [0.4, 0.5) is 8.78 Å². The quantitative estimate of drug-likeness (QED) is 0.841. The van der Waals surface area contributed by atoms with E-state index in [9.17, 15) is 13.6 Å². The van der Waals surface area contributed by atoms with E-state index in [0.717, 1.165) is 17.3 Å². The van der Waals surface area contributed by atoms with Crippen LogP contribution < -0.4 is 0 Å². The third kappa shape index (κ3) is 2.83. The van der Waals surface area contributed by atoms with Gasteiger partial charge in [-0.3, -0.25) is 9.48 Å². The Kier molecular flexibility index (Phi) is 3.86. The summed E-state index contributed by atoms with van der Waals surface area (Å²) in [7, 11) is 0. The zero-order valence-electron chi connectivity index (χ0n) is 13.8. The Balaban J connectivity index is 1.57. The first-order chi connectivity index (χ1) is 12.0. The van der Waals surface area contributed by atoms with Crippen LogP contribution in [0.2, 0.25) is 0 Å². The molecule has 5 nitrogen and oxygen atoms in total. The molecule has 130 valence electrons. The van der Waals surface area contributed by atoms with Crippen molar-refractivity contribution in [2.75, 3.05) is 0 Å². The van der Waals surface area contributed by atoms with Crippen molar-refractivity contribution in [3.63, 3.8) is 0 Å². The van der Waals surface area contributed by atoms with Crippen molar-refractivity contribution in [2.45, 2.75) is 38.8 Å². The van der Waals surface area contributed by atoms with E-state index in [-0.39, 0.29) is 11.8 Å². The summed E-state index contributed by atoms with van der Waals surface area (Å²) in [5.41, 5.74) is 2.58. The first-order valence-electron chi connectivity index (χ1n) is 8.35. The van der Waals surface area contributed by atoms with Crippen LogP contribution in [0.3, 0.4) is 0 Å². The van der Waals surface area contributed by atoms with Gasteiger partial charge in [-0.05, 0) is 36.6 Å². The zero-order chi connectivity index (χ0) is 17.6. The highest BCUT2D eigenvalue weighted by atomic mass is 19.1. The van der Waals surface area contributed by atoms with Crippen molar-refractivity contribution in [3.8, 4) is 0 Å². The van der Waals surface area contributed by atoms with Crippen LogP contribution in [0.1, 0.15) is 35.7 Å². The van der Waals surface area contributed by atoms with Crippen molar-refractivity contribution in [2.24, 2.45) is 11.0 Å². The highest BCUT2D eigenvalue weighted by Crippen LogP contribution is 2.33. The topological polar surface area (TPSA) is 50.5 Å². The molecule has 0 saturated carbocycles. The van der Waals surface area contributed by atoms with E-state index < -0.39 is 17.7 Å². The van der Waals surface area contributed by atoms with E-state index in [2.05, 4.69) is 10.2 Å². The fourth-order valence-corrected chi connectivity index (χ4v) is 3.65. The van der Waals surface area contributed by atoms with Crippen LogP contribution in [0, 0.1) is 24.5 Å². The molecular formula is C18H18F2N4O. The number of hydrogen-bond donors (Lipinski definition) is 0. The van der Waals surface area contributed by atoms with Gasteiger partial charge in [-0.25, -0.2) is 13.8 Å². The van der Waals surface area contributed by atoms with Gasteiger partial charge in [0.15, 0.2) is 0 Å². The van der Waals surface area contributed by atoms with Gasteiger partial charge >= 0.3 is 0 Å². The molecule has 7 heteroatoms. The van der Waals surface area contributed by atoms with E-state index in [4.69, 9.17) is 0 Å². The molecule has 0 fully saturated rings. The number of amides is 1. The minimum Gasteiger partial charge on any atom is -0.273 e. The second kappa shape index (κ2) is 6.06. The second-order valence-electron chi connectivity index (χ2n) is 6.62. The van der Waals surface area contributed by atoms with Gasteiger partial charge in [-0.15, -0.1) is 0 Å². The molecule has 0 bridgehead atoms. The van der Waals surface area contributed by atoms with Gasteiger partial charge in [0.1, 0.15) is 11.6 Å². The third-order valence-electron chi connectivity index (χ3n) is 4.96. The maximum atomic E-state index is 13.5. The number of hydrogen-bond acceptors (Lipinski definition) is 3. The molecule has 1 amide bonds. The third-order valence-corrected chi connectivity index (χ3v) is 4.96. The number of benzene rings is 1. The highest BCUT2D eigenvalue weighted by Gasteiger charge is 2.35. The molecule has 4 rings (SSSR count). The largest absolute Gasteiger partial charge is 0.273 e. The minimum atomic E-state index is -0.647. The summed E-state index contributed by atoms with van der Waals surface area (Å²) in [4.78, 5) is 13.0. The number of aromatic nitrogens is 2. The summed E-state index contributed by atoms with van der Waals surface area (Å²) in [5, 5.41) is 9.88. The van der Waals surface area contributed by atoms with Crippen molar-refractivity contribution in [1.82, 2.24) is 14.8 Å². The molecule has 2 aliphatic rings. The summed E-state index contributed by atoms with van der Waals surface area (Å²) in [6.07, 6.45) is 5.20. The minimum absolute atomic E-state index is 0.102. The lowest BCUT2D eigenvalue weighted by Crippen LogP contribution is -2.37. The fraction of sp³-hybridized carbons (Fsp3) is 0.389. The van der Waals surface area contributed by atoms with Gasteiger partial charge in [-0.2, -0.15) is 10.2 Å². The maximum absolute atomic E-state index is 13.5. The number of aryl methyl sites for hydroxylation is 2. The van der Waals surface area contributed by atoms with Crippen LogP contribution in [0.5, 0.6) is 0 Å².